The van der Waals surface area contributed by atoms with E-state index in [1.165, 1.54) is 42.7 Å². The molecule has 2 aliphatic rings. The van der Waals surface area contributed by atoms with Gasteiger partial charge < -0.3 is 9.47 Å². The maximum Gasteiger partial charge on any atom is 0.147 e. The number of nitrogens with one attached hydrogen (secondary N) is 1. The Bertz CT molecular complexity index is 943. The summed E-state index contributed by atoms with van der Waals surface area (Å²) in [5.41, 5.74) is 0.827. The van der Waals surface area contributed by atoms with Crippen LogP contribution in [0.2, 0.25) is 0 Å². The number of fused-ring (bicyclic) bond motifs is 1. The molecule has 27 heavy (non-hydrogen) atoms. The molecule has 3 heterocycles. The molecule has 1 saturated heterocycles. The summed E-state index contributed by atoms with van der Waals surface area (Å²) in [6.07, 6.45) is 17.3. The lowest BCUT2D eigenvalue weighted by Crippen LogP contribution is -2.35. The van der Waals surface area contributed by atoms with Crippen LogP contribution in [-0.2, 0) is 6.54 Å². The van der Waals surface area contributed by atoms with Gasteiger partial charge in [-0.05, 0) is 49.0 Å². The molecule has 4 rings (SSSR count). The van der Waals surface area contributed by atoms with Gasteiger partial charge in [0.1, 0.15) is 16.5 Å². The average Bonchev–Trinajstić information content (AvgIpc) is 3.25. The van der Waals surface area contributed by atoms with E-state index < -0.39 is 0 Å². The minimum Gasteiger partial charge on any atom is -0.355 e. The van der Waals surface area contributed by atoms with E-state index in [9.17, 15) is 0 Å². The first kappa shape index (κ1) is 18.2. The zero-order valence-corrected chi connectivity index (χ0v) is 16.8. The van der Waals surface area contributed by atoms with Gasteiger partial charge in [0.25, 0.3) is 0 Å². The topological polar surface area (TPSA) is 44.9 Å². The second kappa shape index (κ2) is 8.26. The molecule has 0 bridgehead atoms. The molecule has 0 radical (unpaired) electrons. The van der Waals surface area contributed by atoms with Gasteiger partial charge in [0.15, 0.2) is 0 Å². The van der Waals surface area contributed by atoms with Gasteiger partial charge in [-0.15, -0.1) is 11.3 Å². The molecule has 0 saturated carbocycles. The first-order valence-electron chi connectivity index (χ1n) is 10.1. The number of amidine groups is 1. The Kier molecular flexibility index (Phi) is 5.58. The second-order valence-corrected chi connectivity index (χ2v) is 8.42. The molecular formula is C22H28N4S. The molecular weight excluding hydrogens is 352 g/mol. The highest BCUT2D eigenvalue weighted by atomic mass is 32.1. The highest BCUT2D eigenvalue weighted by Crippen LogP contribution is 2.16. The van der Waals surface area contributed by atoms with E-state index in [2.05, 4.69) is 53.0 Å². The highest BCUT2D eigenvalue weighted by Gasteiger charge is 2.17. The molecule has 2 aromatic rings. The van der Waals surface area contributed by atoms with Gasteiger partial charge in [-0.3, -0.25) is 5.41 Å². The van der Waals surface area contributed by atoms with Crippen LogP contribution in [0.4, 0.5) is 0 Å². The molecule has 1 fully saturated rings. The number of piperidine rings is 1. The first-order chi connectivity index (χ1) is 13.2. The fourth-order valence-corrected chi connectivity index (χ4v) is 4.76. The van der Waals surface area contributed by atoms with Gasteiger partial charge in [-0.2, -0.15) is 0 Å². The summed E-state index contributed by atoms with van der Waals surface area (Å²) >= 11 is 1.66. The average molecular weight is 381 g/mol. The summed E-state index contributed by atoms with van der Waals surface area (Å²) in [4.78, 5) is 6.94. The van der Waals surface area contributed by atoms with Crippen LogP contribution in [0.15, 0.2) is 29.8 Å². The summed E-state index contributed by atoms with van der Waals surface area (Å²) < 4.78 is 2.28. The predicted octanol–water partition coefficient (Wildman–Crippen LogP) is 3.35. The maximum absolute atomic E-state index is 8.47. The standard InChI is InChI=1S/C22H28N4S/c1-2-7-17-8-6-9-20-18(14-17)10-13-26(20)15-21-24-19(16-27-21)22(23)25-11-4-3-5-12-25/h6,8-10,13-14,16-17,23H,2-5,7,11-12,15H2,1H3. The molecule has 1 atom stereocenters. The Morgan fingerprint density at radius 1 is 1.30 bits per heavy atom. The van der Waals surface area contributed by atoms with E-state index in [4.69, 9.17) is 10.4 Å². The van der Waals surface area contributed by atoms with Crippen LogP contribution in [0.3, 0.4) is 0 Å². The summed E-state index contributed by atoms with van der Waals surface area (Å²) in [7, 11) is 0. The molecule has 0 aromatic carbocycles. The maximum atomic E-state index is 8.47. The smallest absolute Gasteiger partial charge is 0.147 e. The van der Waals surface area contributed by atoms with Gasteiger partial charge >= 0.3 is 0 Å². The lowest BCUT2D eigenvalue weighted by atomic mass is 10.0. The Balaban J connectivity index is 1.52. The van der Waals surface area contributed by atoms with Crippen LogP contribution >= 0.6 is 11.3 Å². The van der Waals surface area contributed by atoms with Crippen LogP contribution in [0.25, 0.3) is 12.2 Å². The fourth-order valence-electron chi connectivity index (χ4n) is 3.98. The number of aromatic nitrogens is 2. The number of allylic oxidation sites excluding steroid dienone is 2. The van der Waals surface area contributed by atoms with Gasteiger partial charge in [-0.1, -0.05) is 31.6 Å². The number of hydrogen-bond acceptors (Lipinski definition) is 3. The Hall–Kier alpha value is -2.14. The van der Waals surface area contributed by atoms with E-state index in [-0.39, 0.29) is 0 Å². The largest absolute Gasteiger partial charge is 0.355 e. The molecule has 1 aliphatic heterocycles. The minimum absolute atomic E-state index is 0.528. The number of nitrogens with zero attached hydrogens (tertiary/aromatic N) is 3. The molecule has 4 nitrogen and oxygen atoms in total. The van der Waals surface area contributed by atoms with Crippen molar-refractivity contribution in [2.45, 2.75) is 45.6 Å². The van der Waals surface area contributed by atoms with Gasteiger partial charge in [0.2, 0.25) is 0 Å². The van der Waals surface area contributed by atoms with Crippen molar-refractivity contribution in [1.82, 2.24) is 14.5 Å². The normalized spacial score (nSPS) is 19.1. The van der Waals surface area contributed by atoms with Crippen molar-refractivity contribution in [2.75, 3.05) is 13.1 Å². The van der Waals surface area contributed by atoms with Crippen molar-refractivity contribution < 1.29 is 0 Å². The van der Waals surface area contributed by atoms with E-state index in [0.717, 1.165) is 30.3 Å². The monoisotopic (exact) mass is 380 g/mol. The second-order valence-electron chi connectivity index (χ2n) is 7.48. The van der Waals surface area contributed by atoms with Crippen molar-refractivity contribution in [3.05, 3.63) is 51.1 Å². The van der Waals surface area contributed by atoms with E-state index in [1.807, 2.05) is 5.38 Å². The Labute approximate surface area is 165 Å². The minimum atomic E-state index is 0.528. The third-order valence-electron chi connectivity index (χ3n) is 5.44. The van der Waals surface area contributed by atoms with E-state index >= 15 is 0 Å². The van der Waals surface area contributed by atoms with Crippen molar-refractivity contribution in [2.24, 2.45) is 5.92 Å². The van der Waals surface area contributed by atoms with Gasteiger partial charge in [-0.25, -0.2) is 4.98 Å². The van der Waals surface area contributed by atoms with Crippen LogP contribution in [-0.4, -0.2) is 33.4 Å². The lowest BCUT2D eigenvalue weighted by Gasteiger charge is -2.28. The lowest BCUT2D eigenvalue weighted by molar-refractivity contribution is 0.340. The van der Waals surface area contributed by atoms with Crippen molar-refractivity contribution in [3.63, 3.8) is 0 Å². The number of likely N-dealkylation sites (tertiary alicyclic amines) is 1. The Morgan fingerprint density at radius 2 is 2.15 bits per heavy atom. The van der Waals surface area contributed by atoms with Crippen LogP contribution in [0.1, 0.15) is 49.7 Å². The summed E-state index contributed by atoms with van der Waals surface area (Å²) in [6.45, 7) is 4.99. The van der Waals surface area contributed by atoms with Gasteiger partial charge in [0.05, 0.1) is 6.54 Å². The third kappa shape index (κ3) is 4.08. The highest BCUT2D eigenvalue weighted by molar-refractivity contribution is 7.09. The van der Waals surface area contributed by atoms with E-state index in [0.29, 0.717) is 11.8 Å². The van der Waals surface area contributed by atoms with E-state index in [1.54, 1.807) is 11.3 Å². The first-order valence-corrected chi connectivity index (χ1v) is 11.0. The molecule has 2 aromatic heterocycles. The van der Waals surface area contributed by atoms with Crippen LogP contribution in [0, 0.1) is 11.3 Å². The zero-order valence-electron chi connectivity index (χ0n) is 16.0. The third-order valence-corrected chi connectivity index (χ3v) is 6.27. The van der Waals surface area contributed by atoms with Crippen molar-refractivity contribution in [1.29, 1.82) is 5.41 Å². The molecule has 1 aliphatic carbocycles. The van der Waals surface area contributed by atoms with Gasteiger partial charge in [0, 0.05) is 30.0 Å². The molecule has 1 unspecified atom stereocenters. The molecule has 142 valence electrons. The fraction of sp³-hybridized carbons (Fsp3) is 0.455. The quantitative estimate of drug-likeness (QED) is 0.639. The SMILES string of the molecule is CCCC1C=CC=c2c(ccn2Cc2nc(C(=N)N3CCCCC3)cs2)=C1. The van der Waals surface area contributed by atoms with Crippen LogP contribution in [0.5, 0.6) is 0 Å². The number of hydrogen-bond donors (Lipinski definition) is 1. The predicted molar refractivity (Wildman–Crippen MR) is 114 cm³/mol. The molecule has 0 spiro atoms. The van der Waals surface area contributed by atoms with Crippen molar-refractivity contribution >= 4 is 29.3 Å². The molecule has 5 heteroatoms. The zero-order chi connectivity index (χ0) is 18.6. The molecule has 0 amide bonds. The number of thiazole rings is 1. The van der Waals surface area contributed by atoms with Crippen LogP contribution < -0.4 is 10.6 Å². The van der Waals surface area contributed by atoms with Crippen molar-refractivity contribution in [3.8, 4) is 0 Å². The summed E-state index contributed by atoms with van der Waals surface area (Å²) in [5.74, 6) is 1.12. The summed E-state index contributed by atoms with van der Waals surface area (Å²) in [6, 6.07) is 2.21. The molecule has 1 N–H and O–H groups in total. The summed E-state index contributed by atoms with van der Waals surface area (Å²) in [5, 5.41) is 14.2. The Morgan fingerprint density at radius 3 is 2.96 bits per heavy atom. The number of rotatable bonds is 5.